The molecular formula is C104H122N10. The molecule has 10 nitrogen and oxygen atoms in total. The van der Waals surface area contributed by atoms with Crippen molar-refractivity contribution < 1.29 is 0 Å². The fourth-order valence-electron chi connectivity index (χ4n) is 16.1. The molecule has 7 aliphatic rings. The van der Waals surface area contributed by atoms with Crippen LogP contribution < -0.4 is 0 Å². The van der Waals surface area contributed by atoms with E-state index in [1.165, 1.54) is 190 Å². The fourth-order valence-corrected chi connectivity index (χ4v) is 16.1. The van der Waals surface area contributed by atoms with E-state index >= 15 is 0 Å². The van der Waals surface area contributed by atoms with Crippen LogP contribution >= 0.6 is 0 Å². The van der Waals surface area contributed by atoms with Gasteiger partial charge in [0.05, 0.1) is 56.9 Å². The molecule has 0 saturated carbocycles. The number of aryl methyl sites for hydroxylation is 15. The topological polar surface area (TPSA) is 129 Å². The second-order valence-corrected chi connectivity index (χ2v) is 29.9. The molecule has 0 atom stereocenters. The van der Waals surface area contributed by atoms with Gasteiger partial charge in [-0.1, -0.05) is 155 Å². The molecule has 10 heterocycles. The number of aromatic nitrogens is 10. The number of hydrogen-bond acceptors (Lipinski definition) is 10. The van der Waals surface area contributed by atoms with E-state index in [4.69, 9.17) is 0 Å². The van der Waals surface area contributed by atoms with E-state index in [1.54, 1.807) is 0 Å². The molecule has 0 bridgehead atoms. The van der Waals surface area contributed by atoms with Crippen molar-refractivity contribution in [3.05, 3.63) is 351 Å². The van der Waals surface area contributed by atoms with Crippen molar-refractivity contribution in [2.45, 2.75) is 208 Å². The smallest absolute Gasteiger partial charge is 0.0930 e. The Labute approximate surface area is 683 Å². The molecule has 0 saturated heterocycles. The Hall–Kier alpha value is -11.6. The summed E-state index contributed by atoms with van der Waals surface area (Å²) >= 11 is 0. The molecule has 10 aromatic heterocycles. The van der Waals surface area contributed by atoms with Crippen LogP contribution in [-0.2, 0) is 44.9 Å². The summed E-state index contributed by atoms with van der Waals surface area (Å²) in [5.41, 5.74) is 55.0. The normalized spacial score (nSPS) is 11.5. The average molecular weight is 1510 g/mol. The van der Waals surface area contributed by atoms with Crippen LogP contribution in [0, 0.1) is 104 Å². The summed E-state index contributed by atoms with van der Waals surface area (Å²) in [6, 6.07) is 52.0. The Balaban J connectivity index is 0.000000182. The molecule has 588 valence electrons. The third-order valence-corrected chi connectivity index (χ3v) is 21.8. The number of hydrogen-bond donors (Lipinski definition) is 0. The Bertz CT molecular complexity index is 5440. The summed E-state index contributed by atoms with van der Waals surface area (Å²) in [7, 11) is 0. The predicted octanol–water partition coefficient (Wildman–Crippen LogP) is 26.5. The number of fused-ring (bicyclic) bond motifs is 21. The third-order valence-electron chi connectivity index (χ3n) is 21.8. The largest absolute Gasteiger partial charge is 0.260 e. The quantitative estimate of drug-likeness (QED) is 0.145. The summed E-state index contributed by atoms with van der Waals surface area (Å²) in [4.78, 5) is 45.1. The standard InChI is InChI=1S/C14H14N2.4C14H13N.2C13H12N2.8CH4/c1-8-4-5-15-13-11(8)7-12-9(2)6-10(3)16-14(12)13;1-9-3-4-11-7-14-13(12(11)5-9)6-10(2)8-15-14;2*1-9-6-13-11-5-3-4-10(2)12(11)7-14(13)15-8-9;1-9-6-10(2)12-8-14-11(13(12)7-9)4-3-5-15-14;1-8-3-5-14-12-10(8)7-11-9(2)4-6-15-13(11)12;1-8-3-5-10-7-11-6-4-9(2)15-13(11)12(10)14-8;;;;;;;;/h4-6H,7H2,1-3H3;3*3-6,8H,7H2,1-2H3;3-7H,8H2,1-2H3;2*3-6H,7H2,1-2H3;8*1H4. The maximum absolute atomic E-state index is 4.63. The Morgan fingerprint density at radius 2 is 0.570 bits per heavy atom. The van der Waals surface area contributed by atoms with Crippen molar-refractivity contribution >= 4 is 0 Å². The van der Waals surface area contributed by atoms with Crippen molar-refractivity contribution in [2.75, 3.05) is 0 Å². The molecule has 0 fully saturated rings. The van der Waals surface area contributed by atoms with E-state index in [1.807, 2.05) is 70.2 Å². The highest BCUT2D eigenvalue weighted by Gasteiger charge is 2.28. The van der Waals surface area contributed by atoms with Gasteiger partial charge in [0.25, 0.3) is 0 Å². The van der Waals surface area contributed by atoms with Crippen LogP contribution in [0.3, 0.4) is 0 Å². The van der Waals surface area contributed by atoms with Crippen molar-refractivity contribution in [1.82, 2.24) is 49.8 Å². The van der Waals surface area contributed by atoms with E-state index in [-0.39, 0.29) is 59.4 Å². The predicted molar refractivity (Wildman–Crippen MR) is 486 cm³/mol. The van der Waals surface area contributed by atoms with E-state index in [9.17, 15) is 0 Å². The minimum atomic E-state index is 0. The molecule has 0 aliphatic heterocycles. The first kappa shape index (κ1) is 89.6. The SMILES string of the molecule is C.C.C.C.C.C.C.C.Cc1cc(C)c2c(c1)-c1cccnc1C2.Cc1cc(C)c2c(n1)-c1nccc(C)c1C2.Cc1ccc2c(c1)-c1cc(C)cnc1C2.Cc1ccc2c(n1)-c1nc(C)ccc1C2.Cc1ccnc2c1Cc1c(C)ccnc1-2.Cc1cnc2c(c1)-c1cccc(C)c1C2.Cc1cnc2c(c1)-c1cccc(C)c1C2. The Morgan fingerprint density at radius 3 is 1.05 bits per heavy atom. The average Bonchev–Trinajstić information content (AvgIpc) is 1.59. The van der Waals surface area contributed by atoms with E-state index in [0.29, 0.717) is 0 Å². The highest BCUT2D eigenvalue weighted by molar-refractivity contribution is 5.81. The fraction of sp³-hybridized carbons (Fsp3) is 0.288. The molecule has 4 aromatic carbocycles. The van der Waals surface area contributed by atoms with Crippen molar-refractivity contribution in [1.29, 1.82) is 0 Å². The molecule has 0 radical (unpaired) electrons. The monoisotopic (exact) mass is 1510 g/mol. The van der Waals surface area contributed by atoms with E-state index in [0.717, 1.165) is 96.2 Å². The molecule has 10 heteroatoms. The molecule has 0 spiro atoms. The van der Waals surface area contributed by atoms with Crippen molar-refractivity contribution in [2.24, 2.45) is 0 Å². The van der Waals surface area contributed by atoms with Crippen LogP contribution in [0.1, 0.15) is 222 Å². The first-order valence-electron chi connectivity index (χ1n) is 37.1. The van der Waals surface area contributed by atoms with Gasteiger partial charge in [-0.15, -0.1) is 0 Å². The molecule has 0 unspecified atom stereocenters. The maximum Gasteiger partial charge on any atom is 0.0930 e. The molecule has 0 N–H and O–H groups in total. The summed E-state index contributed by atoms with van der Waals surface area (Å²) in [5, 5.41) is 0. The molecular weight excluding hydrogens is 1390 g/mol. The van der Waals surface area contributed by atoms with Gasteiger partial charge in [-0.3, -0.25) is 49.8 Å². The zero-order valence-corrected chi connectivity index (χ0v) is 63.8. The third kappa shape index (κ3) is 17.9. The summed E-state index contributed by atoms with van der Waals surface area (Å²) < 4.78 is 0. The highest BCUT2D eigenvalue weighted by Crippen LogP contribution is 2.43. The molecule has 114 heavy (non-hydrogen) atoms. The van der Waals surface area contributed by atoms with Crippen LogP contribution in [-0.4, -0.2) is 49.8 Å². The van der Waals surface area contributed by atoms with Gasteiger partial charge in [-0.2, -0.15) is 0 Å². The zero-order valence-electron chi connectivity index (χ0n) is 63.8. The lowest BCUT2D eigenvalue weighted by Crippen LogP contribution is -1.92. The second kappa shape index (κ2) is 37.3. The van der Waals surface area contributed by atoms with Gasteiger partial charge in [0.2, 0.25) is 0 Å². The van der Waals surface area contributed by atoms with Crippen molar-refractivity contribution in [3.63, 3.8) is 0 Å². The minimum Gasteiger partial charge on any atom is -0.260 e. The van der Waals surface area contributed by atoms with Gasteiger partial charge >= 0.3 is 0 Å². The van der Waals surface area contributed by atoms with Gasteiger partial charge in [0.1, 0.15) is 0 Å². The lowest BCUT2D eigenvalue weighted by atomic mass is 9.99. The van der Waals surface area contributed by atoms with Gasteiger partial charge < -0.3 is 0 Å². The lowest BCUT2D eigenvalue weighted by molar-refractivity contribution is 1.10. The van der Waals surface area contributed by atoms with Crippen LogP contribution in [0.15, 0.2) is 189 Å². The summed E-state index contributed by atoms with van der Waals surface area (Å²) in [6.45, 7) is 31.8. The summed E-state index contributed by atoms with van der Waals surface area (Å²) in [6.07, 6.45) is 20.3. The van der Waals surface area contributed by atoms with Crippen LogP contribution in [0.2, 0.25) is 0 Å². The van der Waals surface area contributed by atoms with E-state index in [2.05, 4.69) is 272 Å². The zero-order chi connectivity index (χ0) is 73.8. The molecule has 14 aromatic rings. The second-order valence-electron chi connectivity index (χ2n) is 29.9. The van der Waals surface area contributed by atoms with Crippen molar-refractivity contribution in [3.8, 4) is 78.7 Å². The molecule has 7 aliphatic carbocycles. The minimum absolute atomic E-state index is 0. The van der Waals surface area contributed by atoms with E-state index < -0.39 is 0 Å². The van der Waals surface area contributed by atoms with Gasteiger partial charge in [-0.05, 0) is 298 Å². The number of rotatable bonds is 0. The number of pyridine rings is 10. The maximum atomic E-state index is 4.63. The van der Waals surface area contributed by atoms with Crippen LogP contribution in [0.25, 0.3) is 78.7 Å². The first-order chi connectivity index (χ1) is 51.2. The van der Waals surface area contributed by atoms with Gasteiger partial charge in [0.15, 0.2) is 0 Å². The molecule has 21 rings (SSSR count). The van der Waals surface area contributed by atoms with Gasteiger partial charge in [0, 0.05) is 128 Å². The number of benzene rings is 4. The lowest BCUT2D eigenvalue weighted by Gasteiger charge is -2.05. The highest BCUT2D eigenvalue weighted by atomic mass is 14.8. The number of nitrogens with zero attached hydrogens (tertiary/aromatic N) is 10. The summed E-state index contributed by atoms with van der Waals surface area (Å²) in [5.74, 6) is 0. The Kier molecular flexibility index (Phi) is 29.3. The first-order valence-corrected chi connectivity index (χ1v) is 37.1. The Morgan fingerprint density at radius 1 is 0.202 bits per heavy atom. The van der Waals surface area contributed by atoms with Gasteiger partial charge in [-0.25, -0.2) is 0 Å². The molecule has 0 amide bonds. The van der Waals surface area contributed by atoms with Crippen LogP contribution in [0.5, 0.6) is 0 Å². The van der Waals surface area contributed by atoms with Crippen LogP contribution in [0.4, 0.5) is 0 Å².